The van der Waals surface area contributed by atoms with E-state index in [-0.39, 0.29) is 36.0 Å². The summed E-state index contributed by atoms with van der Waals surface area (Å²) in [6.45, 7) is 3.15. The van der Waals surface area contributed by atoms with Crippen LogP contribution in [0.2, 0.25) is 0 Å². The Bertz CT molecular complexity index is 1750. The van der Waals surface area contributed by atoms with E-state index in [0.29, 0.717) is 35.8 Å². The molecular weight excluding hydrogens is 523 g/mol. The van der Waals surface area contributed by atoms with Crippen molar-refractivity contribution in [3.05, 3.63) is 102 Å². The Kier molecular flexibility index (Phi) is 7.00. The van der Waals surface area contributed by atoms with Gasteiger partial charge in [-0.3, -0.25) is 0 Å². The zero-order valence-corrected chi connectivity index (χ0v) is 22.6. The minimum Gasteiger partial charge on any atom is -0.493 e. The highest BCUT2D eigenvalue weighted by Gasteiger charge is 2.40. The van der Waals surface area contributed by atoms with E-state index >= 15 is 4.39 Å². The molecule has 0 atom stereocenters. The summed E-state index contributed by atoms with van der Waals surface area (Å²) >= 11 is 0. The second-order valence-electron chi connectivity index (χ2n) is 10.1. The molecule has 6 rings (SSSR count). The molecule has 1 aliphatic rings. The molecule has 0 radical (unpaired) electrons. The lowest BCUT2D eigenvalue weighted by molar-refractivity contribution is -0.0868. The fraction of sp³-hybridized carbons (Fsp3) is 0.219. The number of imidazole rings is 1. The molecule has 1 saturated heterocycles. The molecule has 0 aliphatic carbocycles. The molecule has 0 bridgehead atoms. The van der Waals surface area contributed by atoms with Gasteiger partial charge in [-0.2, -0.15) is 5.26 Å². The molecule has 2 aromatic heterocycles. The molecule has 3 heterocycles. The van der Waals surface area contributed by atoms with Crippen molar-refractivity contribution in [2.24, 2.45) is 0 Å². The third kappa shape index (κ3) is 4.94. The first-order valence-corrected chi connectivity index (χ1v) is 13.1. The largest absolute Gasteiger partial charge is 0.493 e. The van der Waals surface area contributed by atoms with Crippen molar-refractivity contribution < 1.29 is 23.3 Å². The number of fused-ring (bicyclic) bond motifs is 1. The lowest BCUT2D eigenvalue weighted by atomic mass is 9.98. The van der Waals surface area contributed by atoms with Crippen LogP contribution in [0.4, 0.5) is 4.39 Å². The van der Waals surface area contributed by atoms with Crippen LogP contribution in [0, 0.1) is 17.1 Å². The van der Waals surface area contributed by atoms with Gasteiger partial charge in [0.2, 0.25) is 11.5 Å². The van der Waals surface area contributed by atoms with Crippen LogP contribution < -0.4 is 14.2 Å². The fourth-order valence-electron chi connectivity index (χ4n) is 4.93. The second kappa shape index (κ2) is 10.9. The number of pyridine rings is 1. The standard InChI is InChI=1S/C32H27FN4O4/c1-32(19-39-20-32)37-26-16-35-23(15-34)13-25(26)36-31(37)24-14-27(38-2)29(40-17-21-9-5-3-6-10-21)30(28(24)33)41-18-22-11-7-4-8-12-22/h3-14,16H,17-20H2,1-2H3. The van der Waals surface area contributed by atoms with E-state index in [0.717, 1.165) is 11.1 Å². The van der Waals surface area contributed by atoms with Crippen LogP contribution in [0.5, 0.6) is 17.2 Å². The SMILES string of the molecule is COc1cc(-c2nc3cc(C#N)ncc3n2C2(C)COC2)c(F)c(OCc2ccccc2)c1OCc1ccccc1. The predicted molar refractivity (Wildman–Crippen MR) is 150 cm³/mol. The smallest absolute Gasteiger partial charge is 0.207 e. The third-order valence-electron chi connectivity index (χ3n) is 7.08. The predicted octanol–water partition coefficient (Wildman–Crippen LogP) is 6.02. The zero-order chi connectivity index (χ0) is 28.4. The summed E-state index contributed by atoms with van der Waals surface area (Å²) in [5, 5.41) is 9.40. The van der Waals surface area contributed by atoms with Gasteiger partial charge in [0.1, 0.15) is 30.8 Å². The van der Waals surface area contributed by atoms with Gasteiger partial charge in [-0.15, -0.1) is 0 Å². The normalized spacial score (nSPS) is 13.8. The molecule has 206 valence electrons. The van der Waals surface area contributed by atoms with E-state index in [4.69, 9.17) is 23.9 Å². The topological polar surface area (TPSA) is 91.4 Å². The minimum atomic E-state index is -0.640. The van der Waals surface area contributed by atoms with Crippen LogP contribution in [-0.2, 0) is 23.5 Å². The van der Waals surface area contributed by atoms with Crippen LogP contribution in [0.3, 0.4) is 0 Å². The molecule has 0 N–H and O–H groups in total. The third-order valence-corrected chi connectivity index (χ3v) is 7.08. The average Bonchev–Trinajstić information content (AvgIpc) is 3.38. The molecule has 1 aliphatic heterocycles. The number of benzene rings is 3. The molecular formula is C32H27FN4O4. The van der Waals surface area contributed by atoms with Gasteiger partial charge >= 0.3 is 0 Å². The highest BCUT2D eigenvalue weighted by atomic mass is 19.1. The quantitative estimate of drug-likeness (QED) is 0.222. The van der Waals surface area contributed by atoms with E-state index in [9.17, 15) is 5.26 Å². The van der Waals surface area contributed by atoms with E-state index in [1.807, 2.05) is 78.2 Å². The first-order valence-electron chi connectivity index (χ1n) is 13.1. The van der Waals surface area contributed by atoms with Gasteiger partial charge in [-0.1, -0.05) is 60.7 Å². The number of rotatable bonds is 9. The maximum Gasteiger partial charge on any atom is 0.207 e. The van der Waals surface area contributed by atoms with Gasteiger partial charge < -0.3 is 23.5 Å². The Hall–Kier alpha value is -4.94. The Morgan fingerprint density at radius 2 is 1.61 bits per heavy atom. The molecule has 9 heteroatoms. The minimum absolute atomic E-state index is 0.0800. The molecule has 0 amide bonds. The summed E-state index contributed by atoms with van der Waals surface area (Å²) in [4.78, 5) is 9.03. The summed E-state index contributed by atoms with van der Waals surface area (Å²) in [7, 11) is 1.50. The van der Waals surface area contributed by atoms with Gasteiger partial charge in [0.25, 0.3) is 0 Å². The van der Waals surface area contributed by atoms with Crippen molar-refractivity contribution >= 4 is 11.0 Å². The maximum absolute atomic E-state index is 16.7. The molecule has 1 fully saturated rings. The molecule has 0 unspecified atom stereocenters. The van der Waals surface area contributed by atoms with Crippen molar-refractivity contribution in [1.29, 1.82) is 5.26 Å². The number of ether oxygens (including phenoxy) is 4. The van der Waals surface area contributed by atoms with E-state index < -0.39 is 11.4 Å². The molecule has 0 spiro atoms. The zero-order valence-electron chi connectivity index (χ0n) is 22.6. The number of halogens is 1. The lowest BCUT2D eigenvalue weighted by Crippen LogP contribution is -2.49. The fourth-order valence-corrected chi connectivity index (χ4v) is 4.93. The Balaban J connectivity index is 1.52. The van der Waals surface area contributed by atoms with Crippen molar-refractivity contribution in [2.45, 2.75) is 25.7 Å². The average molecular weight is 551 g/mol. The van der Waals surface area contributed by atoms with E-state index in [1.165, 1.54) is 7.11 Å². The molecule has 8 nitrogen and oxygen atoms in total. The summed E-state index contributed by atoms with van der Waals surface area (Å²) in [5.41, 5.74) is 2.86. The summed E-state index contributed by atoms with van der Waals surface area (Å²) in [5.74, 6) is 0.0765. The number of nitrogens with zero attached hydrogens (tertiary/aromatic N) is 4. The molecule has 41 heavy (non-hydrogen) atoms. The van der Waals surface area contributed by atoms with Crippen molar-refractivity contribution in [1.82, 2.24) is 14.5 Å². The Labute approximate surface area is 236 Å². The van der Waals surface area contributed by atoms with Crippen molar-refractivity contribution in [2.75, 3.05) is 20.3 Å². The summed E-state index contributed by atoms with van der Waals surface area (Å²) in [6, 6.07) is 24.3. The number of hydrogen-bond donors (Lipinski definition) is 0. The highest BCUT2D eigenvalue weighted by molar-refractivity contribution is 5.82. The number of methoxy groups -OCH3 is 1. The van der Waals surface area contributed by atoms with Crippen LogP contribution in [0.25, 0.3) is 22.4 Å². The Morgan fingerprint density at radius 1 is 0.976 bits per heavy atom. The van der Waals surface area contributed by atoms with Gasteiger partial charge in [0.15, 0.2) is 11.6 Å². The van der Waals surface area contributed by atoms with Gasteiger partial charge in [-0.25, -0.2) is 14.4 Å². The number of nitriles is 1. The number of hydrogen-bond acceptors (Lipinski definition) is 7. The van der Waals surface area contributed by atoms with E-state index in [2.05, 4.69) is 4.98 Å². The Morgan fingerprint density at radius 3 is 2.17 bits per heavy atom. The second-order valence-corrected chi connectivity index (χ2v) is 10.1. The first kappa shape index (κ1) is 26.3. The summed E-state index contributed by atoms with van der Waals surface area (Å²) < 4.78 is 42.2. The van der Waals surface area contributed by atoms with Crippen LogP contribution in [-0.4, -0.2) is 34.9 Å². The van der Waals surface area contributed by atoms with Gasteiger partial charge in [0, 0.05) is 6.07 Å². The van der Waals surface area contributed by atoms with Crippen molar-refractivity contribution in [3.8, 4) is 34.7 Å². The van der Waals surface area contributed by atoms with Crippen molar-refractivity contribution in [3.63, 3.8) is 0 Å². The summed E-state index contributed by atoms with van der Waals surface area (Å²) in [6.07, 6.45) is 1.59. The maximum atomic E-state index is 16.7. The molecule has 3 aromatic carbocycles. The van der Waals surface area contributed by atoms with E-state index in [1.54, 1.807) is 18.3 Å². The van der Waals surface area contributed by atoms with Crippen LogP contribution in [0.1, 0.15) is 23.7 Å². The van der Waals surface area contributed by atoms with Gasteiger partial charge in [0.05, 0.1) is 48.7 Å². The highest BCUT2D eigenvalue weighted by Crippen LogP contribution is 2.46. The molecule has 0 saturated carbocycles. The molecule has 5 aromatic rings. The van der Waals surface area contributed by atoms with Crippen LogP contribution >= 0.6 is 0 Å². The van der Waals surface area contributed by atoms with Gasteiger partial charge in [-0.05, 0) is 24.1 Å². The monoisotopic (exact) mass is 550 g/mol. The lowest BCUT2D eigenvalue weighted by Gasteiger charge is -2.40. The number of aromatic nitrogens is 3. The first-order chi connectivity index (χ1) is 20.0. The van der Waals surface area contributed by atoms with Crippen LogP contribution in [0.15, 0.2) is 79.0 Å².